The fourth-order valence-corrected chi connectivity index (χ4v) is 6.52. The number of sulfonamides is 1. The number of hydrogen-bond acceptors (Lipinski definition) is 6. The maximum atomic E-state index is 12.8. The third-order valence-electron chi connectivity index (χ3n) is 7.59. The Morgan fingerprint density at radius 1 is 1.05 bits per heavy atom. The summed E-state index contributed by atoms with van der Waals surface area (Å²) in [4.78, 5) is 5.15. The van der Waals surface area contributed by atoms with E-state index in [0.29, 0.717) is 19.1 Å². The molecule has 0 aliphatic carbocycles. The third-order valence-corrected chi connectivity index (χ3v) is 9.00. The highest BCUT2D eigenvalue weighted by Gasteiger charge is 2.31. The summed E-state index contributed by atoms with van der Waals surface area (Å²) in [5.41, 5.74) is 6.41. The summed E-state index contributed by atoms with van der Waals surface area (Å²) >= 11 is 0. The van der Waals surface area contributed by atoms with E-state index in [9.17, 15) is 8.42 Å². The number of aromatic nitrogens is 5. The predicted molar refractivity (Wildman–Crippen MR) is 146 cm³/mol. The van der Waals surface area contributed by atoms with Crippen molar-refractivity contribution in [3.63, 3.8) is 0 Å². The zero-order valence-corrected chi connectivity index (χ0v) is 22.4. The van der Waals surface area contributed by atoms with E-state index < -0.39 is 10.0 Å². The van der Waals surface area contributed by atoms with Gasteiger partial charge in [-0.15, -0.1) is 5.10 Å². The number of pyridine rings is 1. The molecule has 196 valence electrons. The molecule has 1 fully saturated rings. The van der Waals surface area contributed by atoms with Gasteiger partial charge >= 0.3 is 0 Å². The molecule has 0 amide bonds. The number of rotatable bonds is 6. The van der Waals surface area contributed by atoms with Crippen LogP contribution in [0.25, 0.3) is 33.2 Å². The second-order valence-electron chi connectivity index (χ2n) is 9.80. The molecular weight excluding hydrogens is 500 g/mol. The molecule has 0 radical (unpaired) electrons. The summed E-state index contributed by atoms with van der Waals surface area (Å²) in [7, 11) is -0.331. The van der Waals surface area contributed by atoms with Crippen molar-refractivity contribution in [2.45, 2.75) is 30.7 Å². The van der Waals surface area contributed by atoms with Crippen LogP contribution in [0.3, 0.4) is 0 Å². The summed E-state index contributed by atoms with van der Waals surface area (Å²) in [6.45, 7) is 3.34. The van der Waals surface area contributed by atoms with Crippen molar-refractivity contribution in [1.82, 2.24) is 29.3 Å². The highest BCUT2D eigenvalue weighted by atomic mass is 32.2. The zero-order valence-electron chi connectivity index (χ0n) is 21.6. The molecule has 6 rings (SSSR count). The molecule has 0 bridgehead atoms. The summed E-state index contributed by atoms with van der Waals surface area (Å²) in [5.74, 6) is 0.304. The number of benzene rings is 2. The molecule has 0 unspecified atom stereocenters. The van der Waals surface area contributed by atoms with Crippen molar-refractivity contribution in [3.05, 3.63) is 72.1 Å². The molecule has 10 heteroatoms. The average molecular weight is 531 g/mol. The van der Waals surface area contributed by atoms with Gasteiger partial charge in [0.15, 0.2) is 0 Å². The quantitative estimate of drug-likeness (QED) is 0.353. The van der Waals surface area contributed by atoms with Gasteiger partial charge in [0, 0.05) is 37.4 Å². The molecule has 1 aliphatic rings. The lowest BCUT2D eigenvalue weighted by Crippen LogP contribution is -2.27. The second-order valence-corrected chi connectivity index (χ2v) is 11.7. The lowest BCUT2D eigenvalue weighted by molar-refractivity contribution is 0.0553. The van der Waals surface area contributed by atoms with Gasteiger partial charge in [0.05, 0.1) is 38.9 Å². The Hall–Kier alpha value is -3.60. The standard InChI is InChI=1S/C28H30N6O3S/c1-18-27(33(3)32-31-18)21-15-25-26(30-17-21)23-10-9-22(38(35,36)29-2)16-24(23)34(25)28(19-7-5-4-6-8-19)20-11-13-37-14-12-20/h4-10,15-17,20,28-29H,11-14H2,1-3H3/t28-/m1/s1. The first kappa shape index (κ1) is 24.7. The lowest BCUT2D eigenvalue weighted by Gasteiger charge is -2.33. The van der Waals surface area contributed by atoms with Gasteiger partial charge in [0.25, 0.3) is 0 Å². The van der Waals surface area contributed by atoms with E-state index in [-0.39, 0.29) is 10.9 Å². The van der Waals surface area contributed by atoms with Crippen LogP contribution in [0.2, 0.25) is 0 Å². The van der Waals surface area contributed by atoms with Crippen LogP contribution in [0, 0.1) is 12.8 Å². The van der Waals surface area contributed by atoms with Crippen LogP contribution >= 0.6 is 0 Å². The van der Waals surface area contributed by atoms with Crippen molar-refractivity contribution in [3.8, 4) is 11.3 Å². The Morgan fingerprint density at radius 3 is 2.50 bits per heavy atom. The maximum absolute atomic E-state index is 12.8. The first-order chi connectivity index (χ1) is 18.4. The molecule has 0 saturated carbocycles. The number of hydrogen-bond donors (Lipinski definition) is 1. The number of nitrogens with zero attached hydrogens (tertiary/aromatic N) is 5. The van der Waals surface area contributed by atoms with E-state index in [1.54, 1.807) is 16.8 Å². The lowest BCUT2D eigenvalue weighted by atomic mass is 9.86. The Bertz CT molecular complexity index is 1720. The molecule has 9 nitrogen and oxygen atoms in total. The average Bonchev–Trinajstić information content (AvgIpc) is 3.45. The largest absolute Gasteiger partial charge is 0.381 e. The van der Waals surface area contributed by atoms with Gasteiger partial charge in [0.1, 0.15) is 0 Å². The van der Waals surface area contributed by atoms with Crippen LogP contribution in [-0.2, 0) is 21.8 Å². The van der Waals surface area contributed by atoms with Crippen molar-refractivity contribution in [2.75, 3.05) is 20.3 Å². The molecule has 1 saturated heterocycles. The minimum Gasteiger partial charge on any atom is -0.381 e. The monoisotopic (exact) mass is 530 g/mol. The van der Waals surface area contributed by atoms with Crippen LogP contribution in [-0.4, -0.2) is 53.2 Å². The number of fused-ring (bicyclic) bond motifs is 3. The van der Waals surface area contributed by atoms with Crippen molar-refractivity contribution in [2.24, 2.45) is 13.0 Å². The molecule has 5 aromatic rings. The Morgan fingerprint density at radius 2 is 1.82 bits per heavy atom. The van der Waals surface area contributed by atoms with Crippen LogP contribution in [0.1, 0.15) is 30.1 Å². The third kappa shape index (κ3) is 4.09. The Balaban J connectivity index is 1.70. The molecular formula is C28H30N6O3S. The van der Waals surface area contributed by atoms with Crippen molar-refractivity contribution < 1.29 is 13.2 Å². The van der Waals surface area contributed by atoms with E-state index in [2.05, 4.69) is 49.9 Å². The normalized spacial score (nSPS) is 15.9. The Labute approximate surface area is 221 Å². The second kappa shape index (κ2) is 9.61. The van der Waals surface area contributed by atoms with E-state index in [4.69, 9.17) is 9.72 Å². The molecule has 1 aliphatic heterocycles. The number of ether oxygens (including phenoxy) is 1. The molecule has 2 aromatic carbocycles. The molecule has 1 atom stereocenters. The molecule has 0 spiro atoms. The maximum Gasteiger partial charge on any atom is 0.240 e. The highest BCUT2D eigenvalue weighted by molar-refractivity contribution is 7.89. The summed E-state index contributed by atoms with van der Waals surface area (Å²) in [6, 6.07) is 17.8. The number of aryl methyl sites for hydroxylation is 2. The van der Waals surface area contributed by atoms with E-state index in [1.807, 2.05) is 32.3 Å². The first-order valence-electron chi connectivity index (χ1n) is 12.8. The van der Waals surface area contributed by atoms with Crippen molar-refractivity contribution >= 4 is 32.0 Å². The summed E-state index contributed by atoms with van der Waals surface area (Å²) < 4.78 is 37.9. The number of nitrogens with one attached hydrogen (secondary N) is 1. The summed E-state index contributed by atoms with van der Waals surface area (Å²) in [5, 5.41) is 9.33. The van der Waals surface area contributed by atoms with Crippen LogP contribution in [0.15, 0.2) is 65.7 Å². The van der Waals surface area contributed by atoms with E-state index >= 15 is 0 Å². The zero-order chi connectivity index (χ0) is 26.4. The fraction of sp³-hybridized carbons (Fsp3) is 0.321. The minimum atomic E-state index is -3.64. The van der Waals surface area contributed by atoms with Gasteiger partial charge in [-0.2, -0.15) is 0 Å². The highest BCUT2D eigenvalue weighted by Crippen LogP contribution is 2.41. The van der Waals surface area contributed by atoms with E-state index in [0.717, 1.165) is 51.7 Å². The van der Waals surface area contributed by atoms with Gasteiger partial charge in [-0.05, 0) is 62.6 Å². The van der Waals surface area contributed by atoms with Gasteiger partial charge in [-0.25, -0.2) is 17.8 Å². The van der Waals surface area contributed by atoms with Crippen LogP contribution in [0.4, 0.5) is 0 Å². The van der Waals surface area contributed by atoms with Gasteiger partial charge in [-0.3, -0.25) is 4.98 Å². The van der Waals surface area contributed by atoms with Crippen LogP contribution in [0.5, 0.6) is 0 Å². The van der Waals surface area contributed by atoms with Crippen LogP contribution < -0.4 is 4.72 Å². The topological polar surface area (TPSA) is 104 Å². The Kier molecular flexibility index (Phi) is 6.25. The van der Waals surface area contributed by atoms with Crippen molar-refractivity contribution in [1.29, 1.82) is 0 Å². The predicted octanol–water partition coefficient (Wildman–Crippen LogP) is 4.22. The van der Waals surface area contributed by atoms with Gasteiger partial charge < -0.3 is 9.30 Å². The first-order valence-corrected chi connectivity index (χ1v) is 14.2. The van der Waals surface area contributed by atoms with Gasteiger partial charge in [0.2, 0.25) is 10.0 Å². The molecule has 1 N–H and O–H groups in total. The molecule has 4 heterocycles. The summed E-state index contributed by atoms with van der Waals surface area (Å²) in [6.07, 6.45) is 3.67. The molecule has 38 heavy (non-hydrogen) atoms. The van der Waals surface area contributed by atoms with Gasteiger partial charge in [-0.1, -0.05) is 35.5 Å². The molecule has 3 aromatic heterocycles. The SMILES string of the molecule is CNS(=O)(=O)c1ccc2c3ncc(-c4c(C)nnn4C)cc3n([C@H](c3ccccc3)C3CCOCC3)c2c1. The smallest absolute Gasteiger partial charge is 0.240 e. The fourth-order valence-electron chi connectivity index (χ4n) is 5.77. The minimum absolute atomic E-state index is 0.0320. The van der Waals surface area contributed by atoms with E-state index in [1.165, 1.54) is 12.6 Å².